The van der Waals surface area contributed by atoms with E-state index in [1.54, 1.807) is 28.9 Å². The highest BCUT2D eigenvalue weighted by Crippen LogP contribution is 2.30. The van der Waals surface area contributed by atoms with Gasteiger partial charge in [0.1, 0.15) is 15.5 Å². The van der Waals surface area contributed by atoms with Crippen LogP contribution < -0.4 is 10.1 Å². The average molecular weight is 498 g/mol. The Labute approximate surface area is 204 Å². The molecule has 0 spiro atoms. The first kappa shape index (κ1) is 23.5. The number of carbonyl (C=O) groups is 3. The Bertz CT molecular complexity index is 1390. The lowest BCUT2D eigenvalue weighted by atomic mass is 10.2. The van der Waals surface area contributed by atoms with Crippen molar-refractivity contribution in [1.82, 2.24) is 15.1 Å². The van der Waals surface area contributed by atoms with Crippen LogP contribution in [0.1, 0.15) is 31.3 Å². The molecule has 174 valence electrons. The summed E-state index contributed by atoms with van der Waals surface area (Å²) in [6.45, 7) is 1.70. The quantitative estimate of drug-likeness (QED) is 0.383. The lowest BCUT2D eigenvalue weighted by Gasteiger charge is -2.08. The summed E-state index contributed by atoms with van der Waals surface area (Å²) in [4.78, 5) is 38.1. The zero-order valence-electron chi connectivity index (χ0n) is 18.3. The van der Waals surface area contributed by atoms with E-state index in [1.807, 2.05) is 31.2 Å². The van der Waals surface area contributed by atoms with Crippen LogP contribution in [0.25, 0.3) is 10.2 Å². The molecule has 4 rings (SSSR count). The summed E-state index contributed by atoms with van der Waals surface area (Å²) in [5.41, 5.74) is 1.87. The average Bonchev–Trinajstić information content (AvgIpc) is 3.40. The molecule has 2 aromatic carbocycles. The highest BCUT2D eigenvalue weighted by atomic mass is 35.5. The number of benzene rings is 2. The van der Waals surface area contributed by atoms with E-state index in [-0.39, 0.29) is 5.56 Å². The normalized spacial score (nSPS) is 10.8. The number of aromatic nitrogens is 2. The van der Waals surface area contributed by atoms with Crippen molar-refractivity contribution in [3.05, 3.63) is 81.3 Å². The number of para-hydroxylation sites is 1. The number of imide groups is 1. The van der Waals surface area contributed by atoms with Gasteiger partial charge >= 0.3 is 5.97 Å². The van der Waals surface area contributed by atoms with Gasteiger partial charge in [-0.05, 0) is 36.8 Å². The molecule has 0 radical (unpaired) electrons. The maximum absolute atomic E-state index is 12.6. The van der Waals surface area contributed by atoms with Crippen molar-refractivity contribution in [1.29, 1.82) is 0 Å². The van der Waals surface area contributed by atoms with Crippen molar-refractivity contribution in [3.8, 4) is 5.75 Å². The Morgan fingerprint density at radius 1 is 1.12 bits per heavy atom. The number of ether oxygens (including phenoxy) is 2. The minimum Gasteiger partial charge on any atom is -0.496 e. The summed E-state index contributed by atoms with van der Waals surface area (Å²) in [5, 5.41) is 8.19. The molecule has 8 nitrogen and oxygen atoms in total. The van der Waals surface area contributed by atoms with Crippen molar-refractivity contribution in [3.63, 3.8) is 0 Å². The molecule has 2 aromatic heterocycles. The molecular weight excluding hydrogens is 478 g/mol. The fraction of sp³-hybridized carbons (Fsp3) is 0.167. The number of halogens is 1. The topological polar surface area (TPSA) is 99.5 Å². The maximum atomic E-state index is 12.6. The fourth-order valence-corrected chi connectivity index (χ4v) is 4.62. The van der Waals surface area contributed by atoms with Crippen LogP contribution in [0.5, 0.6) is 5.75 Å². The molecule has 2 heterocycles. The van der Waals surface area contributed by atoms with Crippen LogP contribution in [0.3, 0.4) is 0 Å². The number of esters is 1. The number of nitrogens with zero attached hydrogens (tertiary/aromatic N) is 2. The molecule has 1 N–H and O–H groups in total. The van der Waals surface area contributed by atoms with Crippen LogP contribution in [0.2, 0.25) is 5.02 Å². The van der Waals surface area contributed by atoms with Gasteiger partial charge < -0.3 is 9.47 Å². The zero-order chi connectivity index (χ0) is 24.2. The number of rotatable bonds is 7. The number of nitrogens with one attached hydrogen (secondary N) is 1. The van der Waals surface area contributed by atoms with Crippen LogP contribution in [0.4, 0.5) is 0 Å². The smallest absolute Gasteiger partial charge is 0.348 e. The SMILES string of the molecule is COc1ccccc1C(=O)NC(=O)COC(=O)c1cc2c(C)nn(Cc3ccccc3Cl)c2s1. The van der Waals surface area contributed by atoms with E-state index in [1.165, 1.54) is 24.5 Å². The Morgan fingerprint density at radius 3 is 2.62 bits per heavy atom. The number of amides is 2. The second-order valence-electron chi connectivity index (χ2n) is 7.32. The lowest BCUT2D eigenvalue weighted by molar-refractivity contribution is -0.123. The van der Waals surface area contributed by atoms with E-state index in [0.29, 0.717) is 22.2 Å². The van der Waals surface area contributed by atoms with Gasteiger partial charge in [-0.3, -0.25) is 19.6 Å². The Balaban J connectivity index is 1.42. The molecule has 0 saturated carbocycles. The molecule has 0 fully saturated rings. The van der Waals surface area contributed by atoms with Crippen LogP contribution in [-0.2, 0) is 16.1 Å². The van der Waals surface area contributed by atoms with Crippen molar-refractivity contribution >= 4 is 50.9 Å². The maximum Gasteiger partial charge on any atom is 0.348 e. The molecule has 34 heavy (non-hydrogen) atoms. The van der Waals surface area contributed by atoms with Crippen LogP contribution >= 0.6 is 22.9 Å². The molecule has 0 atom stereocenters. The number of hydrogen-bond acceptors (Lipinski definition) is 7. The van der Waals surface area contributed by atoms with Crippen LogP contribution in [-0.4, -0.2) is 41.3 Å². The first-order chi connectivity index (χ1) is 16.4. The molecule has 0 aliphatic rings. The van der Waals surface area contributed by atoms with E-state index >= 15 is 0 Å². The first-order valence-corrected chi connectivity index (χ1v) is 11.4. The number of methoxy groups -OCH3 is 1. The fourth-order valence-electron chi connectivity index (χ4n) is 3.37. The predicted octanol–water partition coefficient (Wildman–Crippen LogP) is 4.23. The van der Waals surface area contributed by atoms with Gasteiger partial charge in [0.05, 0.1) is 24.9 Å². The second-order valence-corrected chi connectivity index (χ2v) is 8.76. The van der Waals surface area contributed by atoms with Gasteiger partial charge in [0, 0.05) is 10.4 Å². The first-order valence-electron chi connectivity index (χ1n) is 10.2. The van der Waals surface area contributed by atoms with E-state index in [2.05, 4.69) is 10.4 Å². The van der Waals surface area contributed by atoms with Gasteiger partial charge in [-0.1, -0.05) is 41.9 Å². The van der Waals surface area contributed by atoms with E-state index in [9.17, 15) is 14.4 Å². The van der Waals surface area contributed by atoms with Crippen molar-refractivity contribution in [2.45, 2.75) is 13.5 Å². The Kier molecular flexibility index (Phi) is 6.95. The van der Waals surface area contributed by atoms with Crippen molar-refractivity contribution in [2.75, 3.05) is 13.7 Å². The summed E-state index contributed by atoms with van der Waals surface area (Å²) in [6, 6.07) is 15.7. The molecule has 4 aromatic rings. The summed E-state index contributed by atoms with van der Waals surface area (Å²) in [5.74, 6) is -1.72. The van der Waals surface area contributed by atoms with E-state index in [0.717, 1.165) is 21.5 Å². The molecule has 10 heteroatoms. The highest BCUT2D eigenvalue weighted by molar-refractivity contribution is 7.20. The van der Waals surface area contributed by atoms with Gasteiger partial charge in [-0.25, -0.2) is 4.79 Å². The summed E-state index contributed by atoms with van der Waals surface area (Å²) >= 11 is 7.48. The largest absolute Gasteiger partial charge is 0.496 e. The second kappa shape index (κ2) is 10.1. The van der Waals surface area contributed by atoms with E-state index in [4.69, 9.17) is 21.1 Å². The van der Waals surface area contributed by atoms with E-state index < -0.39 is 24.4 Å². The molecule has 0 bridgehead atoms. The number of aryl methyl sites for hydroxylation is 1. The van der Waals surface area contributed by atoms with Gasteiger partial charge in [0.2, 0.25) is 0 Å². The van der Waals surface area contributed by atoms with Crippen LogP contribution in [0.15, 0.2) is 54.6 Å². The third-order valence-electron chi connectivity index (χ3n) is 5.03. The molecule has 0 aliphatic carbocycles. The van der Waals surface area contributed by atoms with Gasteiger partial charge in [0.25, 0.3) is 11.8 Å². The molecular formula is C24H20ClN3O5S. The molecule has 0 saturated heterocycles. The summed E-state index contributed by atoms with van der Waals surface area (Å²) in [6.07, 6.45) is 0. The lowest BCUT2D eigenvalue weighted by Crippen LogP contribution is -2.34. The third-order valence-corrected chi connectivity index (χ3v) is 6.52. The monoisotopic (exact) mass is 497 g/mol. The molecule has 2 amide bonds. The Hall–Kier alpha value is -3.69. The van der Waals surface area contributed by atoms with Crippen molar-refractivity contribution in [2.24, 2.45) is 0 Å². The minimum absolute atomic E-state index is 0.202. The molecule has 0 aliphatic heterocycles. The number of thiophene rings is 1. The molecule has 0 unspecified atom stereocenters. The Morgan fingerprint density at radius 2 is 1.85 bits per heavy atom. The third kappa shape index (κ3) is 4.95. The van der Waals surface area contributed by atoms with Crippen molar-refractivity contribution < 1.29 is 23.9 Å². The number of hydrogen-bond donors (Lipinski definition) is 1. The predicted molar refractivity (Wildman–Crippen MR) is 129 cm³/mol. The van der Waals surface area contributed by atoms with Crippen LogP contribution in [0, 0.1) is 6.92 Å². The summed E-state index contributed by atoms with van der Waals surface area (Å²) in [7, 11) is 1.43. The zero-order valence-corrected chi connectivity index (χ0v) is 19.9. The number of carbonyl (C=O) groups excluding carboxylic acids is 3. The van der Waals surface area contributed by atoms with Gasteiger partial charge in [-0.15, -0.1) is 11.3 Å². The standard InChI is InChI=1S/C24H20ClN3O5S/c1-14-17-11-20(34-23(17)28(27-14)12-15-7-3-5-9-18(15)25)24(31)33-13-21(29)26-22(30)16-8-4-6-10-19(16)32-2/h3-11H,12-13H2,1-2H3,(H,26,29,30). The summed E-state index contributed by atoms with van der Waals surface area (Å²) < 4.78 is 12.0. The van der Waals surface area contributed by atoms with Gasteiger partial charge in [-0.2, -0.15) is 5.10 Å². The highest BCUT2D eigenvalue weighted by Gasteiger charge is 2.20. The number of fused-ring (bicyclic) bond motifs is 1. The minimum atomic E-state index is -0.744. The van der Waals surface area contributed by atoms with Gasteiger partial charge in [0.15, 0.2) is 6.61 Å².